The fourth-order valence-electron chi connectivity index (χ4n) is 4.78. The molecule has 0 aromatic carbocycles. The molecular weight excluding hydrogens is 373 g/mol. The van der Waals surface area contributed by atoms with Crippen LogP contribution in [-0.4, -0.2) is 45.7 Å². The first-order chi connectivity index (χ1) is 13.1. The van der Waals surface area contributed by atoms with Gasteiger partial charge in [0, 0.05) is 36.7 Å². The zero-order valence-corrected chi connectivity index (χ0v) is 15.8. The second-order valence-electron chi connectivity index (χ2n) is 9.00. The van der Waals surface area contributed by atoms with Gasteiger partial charge in [0.1, 0.15) is 6.10 Å². The number of aliphatic hydroxyl groups is 1. The van der Waals surface area contributed by atoms with Gasteiger partial charge in [0.05, 0.1) is 11.2 Å². The number of carbonyl (C=O) groups excluding carboxylic acids is 1. The van der Waals surface area contributed by atoms with Gasteiger partial charge in [-0.1, -0.05) is 0 Å². The van der Waals surface area contributed by atoms with E-state index >= 15 is 0 Å². The van der Waals surface area contributed by atoms with Crippen molar-refractivity contribution in [2.75, 3.05) is 13.1 Å². The number of carbonyl (C=O) groups is 1. The molecule has 1 saturated heterocycles. The molecule has 3 fully saturated rings. The minimum Gasteiger partial charge on any atom is -0.474 e. The maximum absolute atomic E-state index is 12.6. The molecule has 1 amide bonds. The topological polar surface area (TPSA) is 62.7 Å². The highest BCUT2D eigenvalue weighted by Gasteiger charge is 2.51. The molecule has 1 spiro atoms. The molecule has 0 radical (unpaired) electrons. The molecule has 28 heavy (non-hydrogen) atoms. The summed E-state index contributed by atoms with van der Waals surface area (Å²) in [5.74, 6) is 0.332. The summed E-state index contributed by atoms with van der Waals surface area (Å²) in [4.78, 5) is 18.1. The van der Waals surface area contributed by atoms with Crippen LogP contribution < -0.4 is 4.74 Å². The first-order valence-electron chi connectivity index (χ1n) is 9.76. The lowest BCUT2D eigenvalue weighted by Gasteiger charge is -2.55. The van der Waals surface area contributed by atoms with Crippen molar-refractivity contribution in [3.63, 3.8) is 0 Å². The summed E-state index contributed by atoms with van der Waals surface area (Å²) in [6.07, 6.45) is 0.928. The lowest BCUT2D eigenvalue weighted by Crippen LogP contribution is -2.63. The molecule has 1 N–H and O–H groups in total. The summed E-state index contributed by atoms with van der Waals surface area (Å²) < 4.78 is 43.5. The number of likely N-dealkylation sites (tertiary alicyclic amines) is 1. The van der Waals surface area contributed by atoms with Crippen LogP contribution in [0.4, 0.5) is 13.2 Å². The zero-order valence-electron chi connectivity index (χ0n) is 15.8. The van der Waals surface area contributed by atoms with Crippen LogP contribution in [0.25, 0.3) is 0 Å². The molecule has 0 bridgehead atoms. The Morgan fingerprint density at radius 2 is 1.89 bits per heavy atom. The van der Waals surface area contributed by atoms with Crippen LogP contribution in [0.5, 0.6) is 5.88 Å². The van der Waals surface area contributed by atoms with Crippen molar-refractivity contribution in [2.45, 2.75) is 63.3 Å². The molecule has 154 valence electrons. The average Bonchev–Trinajstić information content (AvgIpc) is 2.57. The summed E-state index contributed by atoms with van der Waals surface area (Å²) in [7, 11) is 0. The van der Waals surface area contributed by atoms with Gasteiger partial charge in [-0.3, -0.25) is 4.79 Å². The van der Waals surface area contributed by atoms with Crippen molar-refractivity contribution in [2.24, 2.45) is 11.3 Å². The third-order valence-corrected chi connectivity index (χ3v) is 6.43. The molecule has 1 aromatic rings. The van der Waals surface area contributed by atoms with Crippen molar-refractivity contribution < 1.29 is 27.8 Å². The molecule has 0 atom stereocenters. The Morgan fingerprint density at radius 1 is 1.25 bits per heavy atom. The predicted octanol–water partition coefficient (Wildman–Crippen LogP) is 3.41. The maximum atomic E-state index is 12.6. The standard InChI is InChI=1S/C20H25F3N2O3/c1-18(27)8-13(9-18)17(26)25-11-19(12-25)6-4-15(5-7-19)28-16-3-2-14(10-24-16)20(21,22)23/h2-3,10,13,15,27H,4-9,11-12H2,1H3/t13-,18+. The first-order valence-corrected chi connectivity index (χ1v) is 9.76. The highest BCUT2D eigenvalue weighted by molar-refractivity contribution is 5.81. The molecule has 2 aliphatic carbocycles. The monoisotopic (exact) mass is 398 g/mol. The third kappa shape index (κ3) is 3.83. The number of amides is 1. The number of pyridine rings is 1. The third-order valence-electron chi connectivity index (χ3n) is 6.43. The zero-order chi connectivity index (χ0) is 20.2. The minimum absolute atomic E-state index is 0.0437. The molecule has 2 heterocycles. The fraction of sp³-hybridized carbons (Fsp3) is 0.700. The molecule has 0 unspecified atom stereocenters. The first kappa shape index (κ1) is 19.5. The second-order valence-corrected chi connectivity index (χ2v) is 9.00. The number of aromatic nitrogens is 1. The van der Waals surface area contributed by atoms with Gasteiger partial charge in [0.25, 0.3) is 0 Å². The number of halogens is 3. The fourth-order valence-corrected chi connectivity index (χ4v) is 4.78. The highest BCUT2D eigenvalue weighted by Crippen LogP contribution is 2.47. The Labute approximate surface area is 161 Å². The van der Waals surface area contributed by atoms with E-state index in [9.17, 15) is 23.1 Å². The van der Waals surface area contributed by atoms with E-state index in [0.29, 0.717) is 12.8 Å². The van der Waals surface area contributed by atoms with Gasteiger partial charge in [-0.25, -0.2) is 4.98 Å². The Balaban J connectivity index is 1.23. The van der Waals surface area contributed by atoms with Gasteiger partial charge in [0.15, 0.2) is 0 Å². The number of ether oxygens (including phenoxy) is 1. The minimum atomic E-state index is -4.40. The van der Waals surface area contributed by atoms with E-state index in [2.05, 4.69) is 4.98 Å². The van der Waals surface area contributed by atoms with E-state index in [4.69, 9.17) is 4.74 Å². The molecule has 8 heteroatoms. The van der Waals surface area contributed by atoms with Crippen molar-refractivity contribution in [3.05, 3.63) is 23.9 Å². The van der Waals surface area contributed by atoms with Crippen LogP contribution in [-0.2, 0) is 11.0 Å². The highest BCUT2D eigenvalue weighted by atomic mass is 19.4. The molecule has 2 saturated carbocycles. The molecule has 1 aromatic heterocycles. The Bertz CT molecular complexity index is 724. The summed E-state index contributed by atoms with van der Waals surface area (Å²) >= 11 is 0. The lowest BCUT2D eigenvalue weighted by atomic mass is 9.66. The van der Waals surface area contributed by atoms with E-state index in [1.54, 1.807) is 6.92 Å². The second kappa shape index (κ2) is 6.61. The average molecular weight is 398 g/mol. The van der Waals surface area contributed by atoms with Crippen LogP contribution in [0.2, 0.25) is 0 Å². The smallest absolute Gasteiger partial charge is 0.417 e. The molecule has 1 aliphatic heterocycles. The van der Waals surface area contributed by atoms with E-state index < -0.39 is 17.3 Å². The van der Waals surface area contributed by atoms with Crippen LogP contribution in [0.15, 0.2) is 18.3 Å². The van der Waals surface area contributed by atoms with Crippen LogP contribution in [0, 0.1) is 11.3 Å². The van der Waals surface area contributed by atoms with Gasteiger partial charge in [0.2, 0.25) is 11.8 Å². The summed E-state index contributed by atoms with van der Waals surface area (Å²) in [5, 5.41) is 9.81. The summed E-state index contributed by atoms with van der Waals surface area (Å²) in [5.41, 5.74) is -1.32. The number of hydrogen-bond donors (Lipinski definition) is 1. The maximum Gasteiger partial charge on any atom is 0.417 e. The van der Waals surface area contributed by atoms with Crippen LogP contribution >= 0.6 is 0 Å². The summed E-state index contributed by atoms with van der Waals surface area (Å²) in [6.45, 7) is 3.28. The number of nitrogens with zero attached hydrogens (tertiary/aromatic N) is 2. The van der Waals surface area contributed by atoms with Crippen molar-refractivity contribution in [3.8, 4) is 5.88 Å². The predicted molar refractivity (Wildman–Crippen MR) is 94.5 cm³/mol. The molecular formula is C20H25F3N2O3. The quantitative estimate of drug-likeness (QED) is 0.848. The number of alkyl halides is 3. The van der Waals surface area contributed by atoms with E-state index in [1.807, 2.05) is 4.90 Å². The lowest BCUT2D eigenvalue weighted by molar-refractivity contribution is -0.164. The molecule has 5 nitrogen and oxygen atoms in total. The Kier molecular flexibility index (Phi) is 4.60. The van der Waals surface area contributed by atoms with Crippen LogP contribution in [0.1, 0.15) is 51.0 Å². The van der Waals surface area contributed by atoms with Gasteiger partial charge < -0.3 is 14.7 Å². The van der Waals surface area contributed by atoms with Gasteiger partial charge in [-0.15, -0.1) is 0 Å². The Hall–Kier alpha value is -1.83. The molecule has 4 rings (SSSR count). The molecule has 3 aliphatic rings. The van der Waals surface area contributed by atoms with E-state index in [-0.39, 0.29) is 29.2 Å². The van der Waals surface area contributed by atoms with E-state index in [0.717, 1.165) is 51.0 Å². The van der Waals surface area contributed by atoms with Gasteiger partial charge in [-0.2, -0.15) is 13.2 Å². The number of rotatable bonds is 3. The Morgan fingerprint density at radius 3 is 2.39 bits per heavy atom. The largest absolute Gasteiger partial charge is 0.474 e. The SMILES string of the molecule is C[C@]1(O)C[C@@H](C(=O)N2CC3(CCC(Oc4ccc(C(F)(F)F)cn4)CC3)C2)C1. The van der Waals surface area contributed by atoms with Crippen LogP contribution in [0.3, 0.4) is 0 Å². The van der Waals surface area contributed by atoms with Gasteiger partial charge in [-0.05, 0) is 51.5 Å². The van der Waals surface area contributed by atoms with Crippen molar-refractivity contribution in [1.29, 1.82) is 0 Å². The normalized spacial score (nSPS) is 29.9. The summed E-state index contributed by atoms with van der Waals surface area (Å²) in [6, 6.07) is 2.25. The number of hydrogen-bond acceptors (Lipinski definition) is 4. The van der Waals surface area contributed by atoms with Crippen molar-refractivity contribution in [1.82, 2.24) is 9.88 Å². The van der Waals surface area contributed by atoms with Gasteiger partial charge >= 0.3 is 6.18 Å². The van der Waals surface area contributed by atoms with Crippen molar-refractivity contribution >= 4 is 5.91 Å². The van der Waals surface area contributed by atoms with E-state index in [1.165, 1.54) is 6.07 Å².